The third-order valence-electron chi connectivity index (χ3n) is 3.91. The monoisotopic (exact) mass is 269 g/mol. The van der Waals surface area contributed by atoms with Crippen molar-refractivity contribution >= 4 is 25.8 Å². The summed E-state index contributed by atoms with van der Waals surface area (Å²) in [7, 11) is 0.770. The number of hydrogen-bond acceptors (Lipinski definition) is 3. The first-order chi connectivity index (χ1) is 7.15. The van der Waals surface area contributed by atoms with Gasteiger partial charge in [0.25, 0.3) is 5.91 Å². The van der Waals surface area contributed by atoms with Gasteiger partial charge in [0.2, 0.25) is 5.79 Å². The first kappa shape index (κ1) is 12.1. The lowest BCUT2D eigenvalue weighted by atomic mass is 9.59. The number of carbonyl (C=O) groups excluding carboxylic acids is 1. The Labute approximate surface area is 98.3 Å². The van der Waals surface area contributed by atoms with Gasteiger partial charge in [-0.15, -0.1) is 0 Å². The Kier molecular flexibility index (Phi) is 2.35. The molecule has 0 bridgehead atoms. The van der Waals surface area contributed by atoms with Crippen molar-refractivity contribution in [3.05, 3.63) is 0 Å². The van der Waals surface area contributed by atoms with E-state index in [-0.39, 0.29) is 4.31 Å². The number of β-lactam (4-membered cyclic amide) rings is 1. The third-order valence-corrected chi connectivity index (χ3v) is 5.19. The van der Waals surface area contributed by atoms with Crippen LogP contribution in [0.5, 0.6) is 0 Å². The molecule has 0 spiro atoms. The zero-order valence-electron chi connectivity index (χ0n) is 9.03. The van der Waals surface area contributed by atoms with Crippen LogP contribution in [0.2, 0.25) is 0 Å². The fourth-order valence-corrected chi connectivity index (χ4v) is 4.52. The summed E-state index contributed by atoms with van der Waals surface area (Å²) in [5.41, 5.74) is -1.23. The van der Waals surface area contributed by atoms with Gasteiger partial charge in [-0.05, 0) is 19.8 Å². The number of nitrogens with zero attached hydrogens (tertiary/aromatic N) is 1. The van der Waals surface area contributed by atoms with E-state index < -0.39 is 32.3 Å². The van der Waals surface area contributed by atoms with Crippen LogP contribution in [0.15, 0.2) is 0 Å². The quantitative estimate of drug-likeness (QED) is 0.414. The molecule has 1 saturated heterocycles. The summed E-state index contributed by atoms with van der Waals surface area (Å²) in [6.45, 7) is 3.09. The lowest BCUT2D eigenvalue weighted by Gasteiger charge is -2.61. The fraction of sp³-hybridized carbons (Fsp3) is 0.889. The van der Waals surface area contributed by atoms with Crippen LogP contribution in [0, 0.1) is 11.3 Å². The van der Waals surface area contributed by atoms with Gasteiger partial charge < -0.3 is 0 Å². The fourth-order valence-electron chi connectivity index (χ4n) is 2.93. The first-order valence-electron chi connectivity index (χ1n) is 5.14. The normalized spacial score (nSPS) is 43.9. The Balaban J connectivity index is 2.51. The minimum absolute atomic E-state index is 0.214. The predicted molar refractivity (Wildman–Crippen MR) is 56.6 cm³/mol. The summed E-state index contributed by atoms with van der Waals surface area (Å²) >= 11 is 0. The van der Waals surface area contributed by atoms with Crippen LogP contribution in [-0.2, 0) is 14.0 Å². The Morgan fingerprint density at radius 1 is 1.56 bits per heavy atom. The second kappa shape index (κ2) is 3.10. The molecular weight excluding hydrogens is 257 g/mol. The molecular formula is C9H13ClFNO3S. The molecule has 7 heteroatoms. The molecule has 2 fully saturated rings. The van der Waals surface area contributed by atoms with Gasteiger partial charge in [0.05, 0.1) is 0 Å². The van der Waals surface area contributed by atoms with E-state index in [0.29, 0.717) is 12.8 Å². The van der Waals surface area contributed by atoms with Crippen LogP contribution in [0.3, 0.4) is 0 Å². The van der Waals surface area contributed by atoms with E-state index in [1.807, 2.05) is 0 Å². The molecule has 0 aromatic carbocycles. The second-order valence-corrected chi connectivity index (χ2v) is 7.17. The number of fused-ring (bicyclic) bond motifs is 1. The molecule has 0 radical (unpaired) electrons. The van der Waals surface area contributed by atoms with Gasteiger partial charge in [0.1, 0.15) is 5.41 Å². The van der Waals surface area contributed by atoms with Crippen molar-refractivity contribution in [2.24, 2.45) is 11.3 Å². The van der Waals surface area contributed by atoms with Gasteiger partial charge in [-0.3, -0.25) is 4.79 Å². The first-order valence-corrected chi connectivity index (χ1v) is 7.40. The average Bonchev–Trinajstić information content (AvgIpc) is 2.12. The number of amides is 1. The number of hydrogen-bond donors (Lipinski definition) is 0. The minimum Gasteiger partial charge on any atom is -0.273 e. The van der Waals surface area contributed by atoms with E-state index in [4.69, 9.17) is 10.7 Å². The highest BCUT2D eigenvalue weighted by Gasteiger charge is 2.76. The molecule has 16 heavy (non-hydrogen) atoms. The van der Waals surface area contributed by atoms with Crippen molar-refractivity contribution in [3.8, 4) is 0 Å². The zero-order chi connectivity index (χ0) is 12.4. The molecule has 0 aromatic heterocycles. The molecule has 0 unspecified atom stereocenters. The zero-order valence-corrected chi connectivity index (χ0v) is 10.6. The smallest absolute Gasteiger partial charge is 0.273 e. The Hall–Kier alpha value is -0.360. The van der Waals surface area contributed by atoms with Crippen molar-refractivity contribution in [3.63, 3.8) is 0 Å². The van der Waals surface area contributed by atoms with E-state index in [9.17, 15) is 17.6 Å². The van der Waals surface area contributed by atoms with Crippen LogP contribution in [0.1, 0.15) is 33.1 Å². The van der Waals surface area contributed by atoms with Crippen LogP contribution >= 0.6 is 10.7 Å². The maximum Gasteiger partial charge on any atom is 0.326 e. The molecule has 1 saturated carbocycles. The molecule has 1 amide bonds. The largest absolute Gasteiger partial charge is 0.326 e. The van der Waals surface area contributed by atoms with Gasteiger partial charge in [-0.2, -0.15) is 12.7 Å². The molecule has 1 heterocycles. The molecule has 1 aliphatic heterocycles. The van der Waals surface area contributed by atoms with Crippen molar-refractivity contribution in [2.45, 2.75) is 38.9 Å². The molecule has 1 aliphatic carbocycles. The summed E-state index contributed by atoms with van der Waals surface area (Å²) in [6.07, 6.45) is 1.66. The van der Waals surface area contributed by atoms with Crippen molar-refractivity contribution in [2.75, 3.05) is 0 Å². The van der Waals surface area contributed by atoms with E-state index >= 15 is 0 Å². The standard InChI is InChI=1S/C9H13ClFNO3S/c1-6-4-3-5-8(2)7(13)12(9(6,8)11)16(10,14)15/h6H,3-5H2,1-2H3/t6-,8+,9+/m1/s1. The second-order valence-electron chi connectivity index (χ2n) is 4.81. The summed E-state index contributed by atoms with van der Waals surface area (Å²) in [6, 6.07) is 0. The number of rotatable bonds is 1. The highest BCUT2D eigenvalue weighted by molar-refractivity contribution is 8.12. The lowest BCUT2D eigenvalue weighted by Crippen LogP contribution is -2.78. The lowest BCUT2D eigenvalue weighted by molar-refractivity contribution is -0.229. The molecule has 0 aromatic rings. The summed E-state index contributed by atoms with van der Waals surface area (Å²) in [5, 5.41) is 0. The van der Waals surface area contributed by atoms with Gasteiger partial charge in [0.15, 0.2) is 0 Å². The number of alkyl halides is 1. The van der Waals surface area contributed by atoms with Crippen molar-refractivity contribution in [1.82, 2.24) is 4.31 Å². The number of carbonyl (C=O) groups is 1. The summed E-state index contributed by atoms with van der Waals surface area (Å²) < 4.78 is 37.4. The van der Waals surface area contributed by atoms with Gasteiger partial charge in [0, 0.05) is 16.6 Å². The highest BCUT2D eigenvalue weighted by atomic mass is 35.7. The molecule has 0 N–H and O–H groups in total. The van der Waals surface area contributed by atoms with Crippen LogP contribution < -0.4 is 0 Å². The maximum atomic E-state index is 14.8. The number of halogens is 2. The minimum atomic E-state index is -4.33. The van der Waals surface area contributed by atoms with Gasteiger partial charge in [-0.25, -0.2) is 4.39 Å². The Morgan fingerprint density at radius 2 is 2.12 bits per heavy atom. The van der Waals surface area contributed by atoms with Gasteiger partial charge >= 0.3 is 9.24 Å². The molecule has 4 nitrogen and oxygen atoms in total. The van der Waals surface area contributed by atoms with E-state index in [0.717, 1.165) is 6.42 Å². The van der Waals surface area contributed by atoms with E-state index in [1.165, 1.54) is 6.92 Å². The molecule has 2 aliphatic rings. The molecule has 2 rings (SSSR count). The summed E-state index contributed by atoms with van der Waals surface area (Å²) in [4.78, 5) is 11.7. The average molecular weight is 270 g/mol. The van der Waals surface area contributed by atoms with Crippen molar-refractivity contribution in [1.29, 1.82) is 0 Å². The topological polar surface area (TPSA) is 54.5 Å². The molecule has 3 atom stereocenters. The van der Waals surface area contributed by atoms with E-state index in [1.54, 1.807) is 6.92 Å². The van der Waals surface area contributed by atoms with E-state index in [2.05, 4.69) is 0 Å². The van der Waals surface area contributed by atoms with Crippen LogP contribution in [0.4, 0.5) is 4.39 Å². The third kappa shape index (κ3) is 1.14. The SMILES string of the molecule is C[C@@H]1CCC[C@@]2(C)C(=O)N(S(=O)(=O)Cl)[C@@]12F. The Bertz CT molecular complexity index is 454. The van der Waals surface area contributed by atoms with Crippen molar-refractivity contribution < 1.29 is 17.6 Å². The predicted octanol–water partition coefficient (Wildman–Crippen LogP) is 1.80. The Morgan fingerprint density at radius 3 is 2.62 bits per heavy atom. The summed E-state index contributed by atoms with van der Waals surface area (Å²) in [5.74, 6) is -3.39. The maximum absolute atomic E-state index is 14.8. The highest BCUT2D eigenvalue weighted by Crippen LogP contribution is 2.61. The van der Waals surface area contributed by atoms with Crippen LogP contribution in [0.25, 0.3) is 0 Å². The van der Waals surface area contributed by atoms with Gasteiger partial charge in [-0.1, -0.05) is 13.3 Å². The molecule has 92 valence electrons. The van der Waals surface area contributed by atoms with Crippen LogP contribution in [-0.4, -0.2) is 24.4 Å².